The second-order valence-electron chi connectivity index (χ2n) is 4.80. The smallest absolute Gasteiger partial charge is 0.328 e. The minimum atomic E-state index is -0.509. The lowest BCUT2D eigenvalue weighted by molar-refractivity contribution is -0.147. The Kier molecular flexibility index (Phi) is 4.12. The first-order chi connectivity index (χ1) is 9.52. The van der Waals surface area contributed by atoms with Gasteiger partial charge >= 0.3 is 5.97 Å². The molecular formula is C14H19N3O3. The Labute approximate surface area is 117 Å². The zero-order chi connectivity index (χ0) is 14.7. The molecule has 4 N–H and O–H groups in total. The van der Waals surface area contributed by atoms with Crippen LogP contribution in [0.15, 0.2) is 18.2 Å². The maximum atomic E-state index is 12.5. The van der Waals surface area contributed by atoms with Crippen molar-refractivity contribution in [3.8, 4) is 0 Å². The van der Waals surface area contributed by atoms with Crippen LogP contribution in [0, 0.1) is 0 Å². The van der Waals surface area contributed by atoms with E-state index >= 15 is 0 Å². The van der Waals surface area contributed by atoms with Crippen LogP contribution in [-0.2, 0) is 9.53 Å². The lowest BCUT2D eigenvalue weighted by Gasteiger charge is -2.23. The van der Waals surface area contributed by atoms with E-state index < -0.39 is 6.04 Å². The van der Waals surface area contributed by atoms with E-state index in [9.17, 15) is 9.59 Å². The highest BCUT2D eigenvalue weighted by atomic mass is 16.5. The van der Waals surface area contributed by atoms with Crippen LogP contribution < -0.4 is 11.5 Å². The lowest BCUT2D eigenvalue weighted by atomic mass is 10.1. The first kappa shape index (κ1) is 14.2. The number of nitrogens with two attached hydrogens (primary N) is 2. The van der Waals surface area contributed by atoms with Crippen LogP contribution in [0.4, 0.5) is 11.4 Å². The number of esters is 1. The van der Waals surface area contributed by atoms with Crippen LogP contribution in [0.1, 0.15) is 30.1 Å². The molecule has 6 heteroatoms. The van der Waals surface area contributed by atoms with Crippen molar-refractivity contribution >= 4 is 23.3 Å². The Balaban J connectivity index is 2.21. The van der Waals surface area contributed by atoms with Crippen molar-refractivity contribution < 1.29 is 14.3 Å². The molecule has 0 radical (unpaired) electrons. The minimum absolute atomic E-state index is 0.237. The van der Waals surface area contributed by atoms with E-state index in [0.29, 0.717) is 36.5 Å². The number of rotatable bonds is 3. The second-order valence-corrected chi connectivity index (χ2v) is 4.80. The molecule has 2 rings (SSSR count). The number of hydrogen-bond donors (Lipinski definition) is 2. The molecule has 1 aliphatic rings. The number of benzene rings is 1. The molecule has 20 heavy (non-hydrogen) atoms. The van der Waals surface area contributed by atoms with Gasteiger partial charge in [0.05, 0.1) is 6.61 Å². The van der Waals surface area contributed by atoms with Gasteiger partial charge in [0.15, 0.2) is 0 Å². The Morgan fingerprint density at radius 3 is 2.55 bits per heavy atom. The molecule has 1 fully saturated rings. The predicted octanol–water partition coefficient (Wildman–Crippen LogP) is 1.02. The summed E-state index contributed by atoms with van der Waals surface area (Å²) in [7, 11) is 0. The van der Waals surface area contributed by atoms with Crippen LogP contribution in [-0.4, -0.2) is 36.0 Å². The Bertz CT molecular complexity index is 510. The van der Waals surface area contributed by atoms with Crippen molar-refractivity contribution in [2.45, 2.75) is 25.8 Å². The van der Waals surface area contributed by atoms with Gasteiger partial charge in [-0.1, -0.05) is 0 Å². The van der Waals surface area contributed by atoms with Crippen LogP contribution >= 0.6 is 0 Å². The van der Waals surface area contributed by atoms with Crippen LogP contribution in [0.3, 0.4) is 0 Å². The van der Waals surface area contributed by atoms with Crippen LogP contribution in [0.5, 0.6) is 0 Å². The van der Waals surface area contributed by atoms with Gasteiger partial charge in [-0.3, -0.25) is 4.79 Å². The van der Waals surface area contributed by atoms with Crippen molar-refractivity contribution in [3.63, 3.8) is 0 Å². The standard InChI is InChI=1S/C14H19N3O3/c1-2-20-14(19)12-4-3-5-17(12)13(18)9-6-10(15)8-11(16)7-9/h6-8,12H,2-5,15-16H2,1H3. The van der Waals surface area contributed by atoms with Crippen molar-refractivity contribution in [1.29, 1.82) is 0 Å². The summed E-state index contributed by atoms with van der Waals surface area (Å²) in [5, 5.41) is 0. The fourth-order valence-electron chi connectivity index (χ4n) is 2.46. The van der Waals surface area contributed by atoms with Crippen molar-refractivity contribution in [2.24, 2.45) is 0 Å². The summed E-state index contributed by atoms with van der Waals surface area (Å²) in [5.74, 6) is -0.588. The fourth-order valence-corrected chi connectivity index (χ4v) is 2.46. The molecule has 6 nitrogen and oxygen atoms in total. The summed E-state index contributed by atoms with van der Waals surface area (Å²) >= 11 is 0. The van der Waals surface area contributed by atoms with E-state index in [0.717, 1.165) is 6.42 Å². The average Bonchev–Trinajstić information content (AvgIpc) is 2.86. The number of amides is 1. The molecule has 1 aromatic rings. The highest BCUT2D eigenvalue weighted by molar-refractivity contribution is 5.98. The zero-order valence-electron chi connectivity index (χ0n) is 11.5. The predicted molar refractivity (Wildman–Crippen MR) is 76.0 cm³/mol. The molecule has 0 spiro atoms. The van der Waals surface area contributed by atoms with Gasteiger partial charge in [-0.05, 0) is 38.0 Å². The Morgan fingerprint density at radius 2 is 1.95 bits per heavy atom. The van der Waals surface area contributed by atoms with Gasteiger partial charge in [0, 0.05) is 23.5 Å². The first-order valence-corrected chi connectivity index (χ1v) is 6.66. The van der Waals surface area contributed by atoms with E-state index in [1.54, 1.807) is 25.1 Å². The van der Waals surface area contributed by atoms with Crippen molar-refractivity contribution in [2.75, 3.05) is 24.6 Å². The molecule has 1 saturated heterocycles. The maximum Gasteiger partial charge on any atom is 0.328 e. The molecule has 1 aromatic carbocycles. The third-order valence-corrected chi connectivity index (χ3v) is 3.30. The summed E-state index contributed by atoms with van der Waals surface area (Å²) in [6.45, 7) is 2.59. The summed E-state index contributed by atoms with van der Waals surface area (Å²) in [4.78, 5) is 25.9. The van der Waals surface area contributed by atoms with Crippen LogP contribution in [0.25, 0.3) is 0 Å². The fraction of sp³-hybridized carbons (Fsp3) is 0.429. The van der Waals surface area contributed by atoms with E-state index in [1.807, 2.05) is 0 Å². The second kappa shape index (κ2) is 5.81. The average molecular weight is 277 g/mol. The summed E-state index contributed by atoms with van der Waals surface area (Å²) in [5.41, 5.74) is 12.7. The normalized spacial score (nSPS) is 18.1. The van der Waals surface area contributed by atoms with Gasteiger partial charge in [0.25, 0.3) is 5.91 Å². The molecule has 1 atom stereocenters. The monoisotopic (exact) mass is 277 g/mol. The van der Waals surface area contributed by atoms with Gasteiger partial charge in [0.2, 0.25) is 0 Å². The molecule has 0 saturated carbocycles. The summed E-state index contributed by atoms with van der Waals surface area (Å²) in [6, 6.07) is 4.22. The van der Waals surface area contributed by atoms with E-state index in [2.05, 4.69) is 0 Å². The molecule has 1 heterocycles. The lowest BCUT2D eigenvalue weighted by Crippen LogP contribution is -2.41. The molecule has 1 amide bonds. The van der Waals surface area contributed by atoms with E-state index in [-0.39, 0.29) is 11.9 Å². The topological polar surface area (TPSA) is 98.6 Å². The Hall–Kier alpha value is -2.24. The van der Waals surface area contributed by atoms with E-state index in [4.69, 9.17) is 16.2 Å². The zero-order valence-corrected chi connectivity index (χ0v) is 11.5. The number of nitrogen functional groups attached to an aromatic ring is 2. The van der Waals surface area contributed by atoms with Crippen molar-refractivity contribution in [1.82, 2.24) is 4.90 Å². The number of carbonyl (C=O) groups is 2. The molecule has 0 aromatic heterocycles. The molecular weight excluding hydrogens is 258 g/mol. The maximum absolute atomic E-state index is 12.5. The molecule has 1 unspecified atom stereocenters. The summed E-state index contributed by atoms with van der Waals surface area (Å²) in [6.07, 6.45) is 1.41. The highest BCUT2D eigenvalue weighted by Crippen LogP contribution is 2.23. The van der Waals surface area contributed by atoms with Gasteiger partial charge < -0.3 is 21.1 Å². The SMILES string of the molecule is CCOC(=O)C1CCCN1C(=O)c1cc(N)cc(N)c1. The number of carbonyl (C=O) groups excluding carboxylic acids is 2. The molecule has 1 aliphatic heterocycles. The van der Waals surface area contributed by atoms with Gasteiger partial charge in [-0.2, -0.15) is 0 Å². The molecule has 0 aliphatic carbocycles. The molecule has 108 valence electrons. The van der Waals surface area contributed by atoms with Crippen molar-refractivity contribution in [3.05, 3.63) is 23.8 Å². The van der Waals surface area contributed by atoms with Gasteiger partial charge in [-0.15, -0.1) is 0 Å². The number of ether oxygens (including phenoxy) is 1. The minimum Gasteiger partial charge on any atom is -0.464 e. The third-order valence-electron chi connectivity index (χ3n) is 3.30. The number of anilines is 2. The number of hydrogen-bond acceptors (Lipinski definition) is 5. The van der Waals surface area contributed by atoms with Gasteiger partial charge in [-0.25, -0.2) is 4.79 Å². The van der Waals surface area contributed by atoms with E-state index in [1.165, 1.54) is 4.90 Å². The highest BCUT2D eigenvalue weighted by Gasteiger charge is 2.35. The summed E-state index contributed by atoms with van der Waals surface area (Å²) < 4.78 is 5.01. The quantitative estimate of drug-likeness (QED) is 0.635. The third kappa shape index (κ3) is 2.84. The Morgan fingerprint density at radius 1 is 1.30 bits per heavy atom. The molecule has 0 bridgehead atoms. The first-order valence-electron chi connectivity index (χ1n) is 6.66. The number of likely N-dealkylation sites (tertiary alicyclic amines) is 1. The largest absolute Gasteiger partial charge is 0.464 e. The van der Waals surface area contributed by atoms with Gasteiger partial charge in [0.1, 0.15) is 6.04 Å². The number of nitrogens with zero attached hydrogens (tertiary/aromatic N) is 1. The van der Waals surface area contributed by atoms with Crippen LogP contribution in [0.2, 0.25) is 0 Å².